The maximum atomic E-state index is 13.0. The van der Waals surface area contributed by atoms with Crippen molar-refractivity contribution in [1.29, 1.82) is 0 Å². The number of hydrogen-bond donors (Lipinski definition) is 2. The fourth-order valence-corrected chi connectivity index (χ4v) is 3.61. The number of carbonyl (C=O) groups excluding carboxylic acids is 2. The van der Waals surface area contributed by atoms with Gasteiger partial charge in [0.2, 0.25) is 0 Å². The maximum Gasteiger partial charge on any atom is 0.305 e. The molecule has 1 aromatic carbocycles. The van der Waals surface area contributed by atoms with Crippen molar-refractivity contribution < 1.29 is 33.7 Å². The normalized spacial score (nSPS) is 22.4. The summed E-state index contributed by atoms with van der Waals surface area (Å²) >= 11 is 0. The molecule has 1 aromatic rings. The van der Waals surface area contributed by atoms with Gasteiger partial charge in [0.1, 0.15) is 24.0 Å². The molecule has 1 aliphatic rings. The van der Waals surface area contributed by atoms with Gasteiger partial charge in [-0.1, -0.05) is 31.1 Å². The minimum absolute atomic E-state index is 0.0106. The van der Waals surface area contributed by atoms with Gasteiger partial charge in [-0.05, 0) is 44.0 Å². The lowest BCUT2D eigenvalue weighted by atomic mass is 9.89. The van der Waals surface area contributed by atoms with E-state index in [0.29, 0.717) is 18.6 Å². The first-order valence-electron chi connectivity index (χ1n) is 10.6. The van der Waals surface area contributed by atoms with E-state index in [1.54, 1.807) is 0 Å². The molecule has 1 aliphatic carbocycles. The van der Waals surface area contributed by atoms with E-state index in [0.717, 1.165) is 25.7 Å². The highest BCUT2D eigenvalue weighted by Gasteiger charge is 2.40. The first kappa shape index (κ1) is 24.8. The molecule has 2 N–H and O–H groups in total. The van der Waals surface area contributed by atoms with Crippen molar-refractivity contribution in [2.75, 3.05) is 13.7 Å². The second-order valence-electron chi connectivity index (χ2n) is 8.18. The van der Waals surface area contributed by atoms with E-state index >= 15 is 0 Å². The van der Waals surface area contributed by atoms with E-state index in [1.165, 1.54) is 38.3 Å². The lowest BCUT2D eigenvalue weighted by Gasteiger charge is -2.19. The Hall–Kier alpha value is -2.43. The van der Waals surface area contributed by atoms with Crippen LogP contribution in [0.25, 0.3) is 0 Å². The Morgan fingerprint density at radius 1 is 1.23 bits per heavy atom. The number of aliphatic hydroxyl groups excluding tert-OH is 1. The molecule has 4 atom stereocenters. The number of methoxy groups -OCH3 is 1. The highest BCUT2D eigenvalue weighted by Crippen LogP contribution is 2.33. The summed E-state index contributed by atoms with van der Waals surface area (Å²) in [5, 5.41) is 20.8. The van der Waals surface area contributed by atoms with Gasteiger partial charge in [0.25, 0.3) is 0 Å². The predicted molar refractivity (Wildman–Crippen MR) is 113 cm³/mol. The van der Waals surface area contributed by atoms with Crippen LogP contribution in [-0.4, -0.2) is 47.4 Å². The number of Topliss-reactive ketones (excluding diaryl/α,β-unsaturated/α-hetero) is 1. The van der Waals surface area contributed by atoms with Crippen molar-refractivity contribution >= 4 is 11.8 Å². The average Bonchev–Trinajstić information content (AvgIpc) is 3.00. The minimum Gasteiger partial charge on any atom is -0.490 e. The minimum atomic E-state index is -1.49. The van der Waals surface area contributed by atoms with Crippen molar-refractivity contribution in [3.05, 3.63) is 30.1 Å². The number of ketones is 1. The smallest absolute Gasteiger partial charge is 0.305 e. The summed E-state index contributed by atoms with van der Waals surface area (Å²) in [5.41, 5.74) is -1.49. The average molecular weight is 435 g/mol. The van der Waals surface area contributed by atoms with Crippen LogP contribution < -0.4 is 4.74 Å². The van der Waals surface area contributed by atoms with Crippen molar-refractivity contribution in [1.82, 2.24) is 0 Å². The molecule has 1 fully saturated rings. The van der Waals surface area contributed by atoms with E-state index in [9.17, 15) is 24.2 Å². The van der Waals surface area contributed by atoms with Gasteiger partial charge in [-0.2, -0.15) is 0 Å². The Labute approximate surface area is 182 Å². The Balaban J connectivity index is 1.86. The Morgan fingerprint density at radius 2 is 1.90 bits per heavy atom. The first-order chi connectivity index (χ1) is 14.7. The Morgan fingerprint density at radius 3 is 2.58 bits per heavy atom. The molecule has 0 saturated heterocycles. The number of esters is 1. The van der Waals surface area contributed by atoms with Gasteiger partial charge in [-0.25, -0.2) is 4.39 Å². The third-order valence-corrected chi connectivity index (χ3v) is 5.39. The maximum absolute atomic E-state index is 13.0. The van der Waals surface area contributed by atoms with Gasteiger partial charge in [-0.3, -0.25) is 9.59 Å². The second-order valence-corrected chi connectivity index (χ2v) is 8.18. The SMILES string of the molecule is COC(=O)CCCCCC[C@H]1C(=O)C[C@H](O)[C@@H]1C#CC(C)(O)COc1ccc(F)cc1. The second kappa shape index (κ2) is 11.8. The first-order valence-corrected chi connectivity index (χ1v) is 10.6. The summed E-state index contributed by atoms with van der Waals surface area (Å²) in [5.74, 6) is 4.54. The molecule has 31 heavy (non-hydrogen) atoms. The highest BCUT2D eigenvalue weighted by atomic mass is 19.1. The molecule has 0 spiro atoms. The highest BCUT2D eigenvalue weighted by molar-refractivity contribution is 5.85. The zero-order valence-corrected chi connectivity index (χ0v) is 18.1. The number of rotatable bonds is 10. The van der Waals surface area contributed by atoms with Gasteiger partial charge in [0.05, 0.1) is 19.1 Å². The van der Waals surface area contributed by atoms with Crippen LogP contribution >= 0.6 is 0 Å². The molecule has 7 heteroatoms. The van der Waals surface area contributed by atoms with Crippen LogP contribution in [-0.2, 0) is 14.3 Å². The molecule has 1 unspecified atom stereocenters. The molecule has 0 amide bonds. The Bertz CT molecular complexity index is 793. The summed E-state index contributed by atoms with van der Waals surface area (Å²) in [4.78, 5) is 23.4. The largest absolute Gasteiger partial charge is 0.490 e. The molecule has 0 radical (unpaired) electrons. The fourth-order valence-electron chi connectivity index (χ4n) is 3.61. The van der Waals surface area contributed by atoms with Crippen molar-refractivity contribution in [2.45, 2.75) is 63.6 Å². The van der Waals surface area contributed by atoms with E-state index < -0.39 is 17.6 Å². The van der Waals surface area contributed by atoms with Gasteiger partial charge < -0.3 is 19.7 Å². The number of hydrogen-bond acceptors (Lipinski definition) is 6. The lowest BCUT2D eigenvalue weighted by molar-refractivity contribution is -0.140. The van der Waals surface area contributed by atoms with Gasteiger partial charge in [0.15, 0.2) is 5.60 Å². The van der Waals surface area contributed by atoms with Gasteiger partial charge in [-0.15, -0.1) is 0 Å². The van der Waals surface area contributed by atoms with Crippen molar-refractivity contribution in [3.8, 4) is 17.6 Å². The predicted octanol–water partition coefficient (Wildman–Crippen LogP) is 3.04. The van der Waals surface area contributed by atoms with Crippen LogP contribution in [0.3, 0.4) is 0 Å². The summed E-state index contributed by atoms with van der Waals surface area (Å²) in [6, 6.07) is 5.44. The molecule has 0 heterocycles. The number of aliphatic hydroxyl groups is 2. The van der Waals surface area contributed by atoms with E-state index in [-0.39, 0.29) is 36.5 Å². The van der Waals surface area contributed by atoms with Crippen LogP contribution in [0.1, 0.15) is 51.9 Å². The molecule has 1 saturated carbocycles. The quantitative estimate of drug-likeness (QED) is 0.334. The molecule has 6 nitrogen and oxygen atoms in total. The van der Waals surface area contributed by atoms with E-state index in [4.69, 9.17) is 4.74 Å². The van der Waals surface area contributed by atoms with Crippen molar-refractivity contribution in [2.24, 2.45) is 11.8 Å². The molecule has 2 rings (SSSR count). The fraction of sp³-hybridized carbons (Fsp3) is 0.583. The molecule has 170 valence electrons. The summed E-state index contributed by atoms with van der Waals surface area (Å²) in [7, 11) is 1.37. The molecule has 0 bridgehead atoms. The van der Waals surface area contributed by atoms with Gasteiger partial charge in [0, 0.05) is 18.8 Å². The number of halogens is 1. The summed E-state index contributed by atoms with van der Waals surface area (Å²) in [6.45, 7) is 1.36. The standard InChI is InChI=1S/C24H31FO6/c1-24(29,16-31-18-11-9-17(25)10-12-18)14-13-20-19(21(26)15-22(20)27)7-5-3-4-6-8-23(28)30-2/h9-12,19-20,22,27,29H,3-8,15-16H2,1-2H3/t19-,20-,22+,24?/m1/s1. The third-order valence-electron chi connectivity index (χ3n) is 5.39. The lowest BCUT2D eigenvalue weighted by Crippen LogP contribution is -2.31. The van der Waals surface area contributed by atoms with E-state index in [1.807, 2.05) is 0 Å². The number of benzene rings is 1. The van der Waals surface area contributed by atoms with E-state index in [2.05, 4.69) is 16.6 Å². The molecule has 0 aromatic heterocycles. The topological polar surface area (TPSA) is 93.1 Å². The van der Waals surface area contributed by atoms with Gasteiger partial charge >= 0.3 is 5.97 Å². The number of ether oxygens (including phenoxy) is 2. The monoisotopic (exact) mass is 434 g/mol. The third kappa shape index (κ3) is 8.31. The van der Waals surface area contributed by atoms with Crippen LogP contribution in [0.5, 0.6) is 5.75 Å². The summed E-state index contributed by atoms with van der Waals surface area (Å²) < 4.78 is 23.0. The van der Waals surface area contributed by atoms with Crippen LogP contribution in [0, 0.1) is 29.5 Å². The summed E-state index contributed by atoms with van der Waals surface area (Å²) in [6.07, 6.45) is 3.51. The van der Waals surface area contributed by atoms with Crippen LogP contribution in [0.2, 0.25) is 0 Å². The van der Waals surface area contributed by atoms with Crippen LogP contribution in [0.15, 0.2) is 24.3 Å². The molecular formula is C24H31FO6. The zero-order valence-electron chi connectivity index (χ0n) is 18.1. The number of carbonyl (C=O) groups is 2. The molecular weight excluding hydrogens is 403 g/mol. The number of unbranched alkanes of at least 4 members (excludes halogenated alkanes) is 3. The molecule has 0 aliphatic heterocycles. The van der Waals surface area contributed by atoms with Crippen LogP contribution in [0.4, 0.5) is 4.39 Å². The Kier molecular flexibility index (Phi) is 9.47. The zero-order chi connectivity index (χ0) is 22.9. The van der Waals surface area contributed by atoms with Crippen molar-refractivity contribution in [3.63, 3.8) is 0 Å².